The number of hydrogen-bond acceptors (Lipinski definition) is 7. The number of ether oxygens (including phenoxy) is 2. The normalized spacial score (nSPS) is 28.0. The van der Waals surface area contributed by atoms with Crippen molar-refractivity contribution in [1.29, 1.82) is 0 Å². The number of likely N-dealkylation sites (tertiary alicyclic amines) is 1. The van der Waals surface area contributed by atoms with E-state index in [2.05, 4.69) is 25.9 Å². The molecule has 0 aromatic carbocycles. The van der Waals surface area contributed by atoms with E-state index < -0.39 is 5.60 Å². The molecule has 2 aromatic rings. The molecule has 0 amide bonds. The van der Waals surface area contributed by atoms with Gasteiger partial charge in [-0.1, -0.05) is 12.5 Å². The van der Waals surface area contributed by atoms with Crippen LogP contribution in [0.25, 0.3) is 0 Å². The minimum atomic E-state index is -0.976. The minimum Gasteiger partial charge on any atom is -0.481 e. The molecule has 0 spiro atoms. The van der Waals surface area contributed by atoms with Gasteiger partial charge in [-0.2, -0.15) is 4.98 Å². The SMILES string of the molecule is COc1ncc(C2(O)[C@H]3CCC[C@H]2CN(Cc2ccccn2)C3)c(OC)n1. The lowest BCUT2D eigenvalue weighted by molar-refractivity contribution is -0.150. The maximum Gasteiger partial charge on any atom is 0.319 e. The molecule has 0 radical (unpaired) electrons. The first kappa shape index (κ1) is 18.1. The summed E-state index contributed by atoms with van der Waals surface area (Å²) in [6.45, 7) is 2.44. The van der Waals surface area contributed by atoms with Gasteiger partial charge in [0.1, 0.15) is 5.60 Å². The summed E-state index contributed by atoms with van der Waals surface area (Å²) in [6, 6.07) is 6.25. The standard InChI is InChI=1S/C20H26N4O3/c1-26-18-17(10-22-19(23-18)27-2)20(25)14-6-5-7-15(20)12-24(11-14)13-16-8-3-4-9-21-16/h3-4,8-10,14-15,25H,5-7,11-13H2,1-2H3/t14-,15-/m0/s1. The van der Waals surface area contributed by atoms with Gasteiger partial charge in [0.05, 0.1) is 25.5 Å². The van der Waals surface area contributed by atoms with E-state index in [-0.39, 0.29) is 17.8 Å². The maximum atomic E-state index is 11.8. The zero-order valence-corrected chi connectivity index (χ0v) is 15.8. The zero-order valence-electron chi connectivity index (χ0n) is 15.8. The molecule has 27 heavy (non-hydrogen) atoms. The van der Waals surface area contributed by atoms with Gasteiger partial charge in [-0.25, -0.2) is 4.98 Å². The zero-order chi connectivity index (χ0) is 18.9. The van der Waals surface area contributed by atoms with Crippen LogP contribution in [-0.2, 0) is 12.1 Å². The molecule has 1 N–H and O–H groups in total. The molecule has 2 aromatic heterocycles. The fraction of sp³-hybridized carbons (Fsp3) is 0.550. The van der Waals surface area contributed by atoms with Crippen molar-refractivity contribution in [2.75, 3.05) is 27.3 Å². The van der Waals surface area contributed by atoms with Crippen molar-refractivity contribution < 1.29 is 14.6 Å². The Morgan fingerprint density at radius 2 is 1.93 bits per heavy atom. The minimum absolute atomic E-state index is 0.111. The van der Waals surface area contributed by atoms with Crippen LogP contribution in [0.5, 0.6) is 11.9 Å². The molecule has 0 unspecified atom stereocenters. The molecule has 4 rings (SSSR count). The first-order valence-corrected chi connectivity index (χ1v) is 9.45. The molecule has 1 saturated heterocycles. The third-order valence-corrected chi connectivity index (χ3v) is 5.96. The Hall–Kier alpha value is -2.25. The van der Waals surface area contributed by atoms with Crippen LogP contribution >= 0.6 is 0 Å². The van der Waals surface area contributed by atoms with E-state index >= 15 is 0 Å². The Kier molecular flexibility index (Phi) is 4.97. The average Bonchev–Trinajstić information content (AvgIpc) is 2.69. The third-order valence-electron chi connectivity index (χ3n) is 5.96. The highest BCUT2D eigenvalue weighted by atomic mass is 16.5. The van der Waals surface area contributed by atoms with Gasteiger partial charge in [-0.3, -0.25) is 9.88 Å². The molecule has 2 atom stereocenters. The van der Waals surface area contributed by atoms with E-state index in [1.165, 1.54) is 7.11 Å². The number of nitrogens with zero attached hydrogens (tertiary/aromatic N) is 4. The van der Waals surface area contributed by atoms with Crippen LogP contribution in [0.2, 0.25) is 0 Å². The van der Waals surface area contributed by atoms with Crippen LogP contribution in [0.4, 0.5) is 0 Å². The summed E-state index contributed by atoms with van der Waals surface area (Å²) >= 11 is 0. The monoisotopic (exact) mass is 370 g/mol. The van der Waals surface area contributed by atoms with Crippen LogP contribution in [0.1, 0.15) is 30.5 Å². The van der Waals surface area contributed by atoms with Gasteiger partial charge in [-0.05, 0) is 25.0 Å². The van der Waals surface area contributed by atoms with E-state index in [4.69, 9.17) is 9.47 Å². The molecule has 7 nitrogen and oxygen atoms in total. The summed E-state index contributed by atoms with van der Waals surface area (Å²) < 4.78 is 10.6. The summed E-state index contributed by atoms with van der Waals surface area (Å²) in [7, 11) is 3.09. The predicted molar refractivity (Wildman–Crippen MR) is 99.4 cm³/mol. The van der Waals surface area contributed by atoms with E-state index in [0.717, 1.165) is 44.6 Å². The Balaban J connectivity index is 1.62. The summed E-state index contributed by atoms with van der Waals surface area (Å²) in [4.78, 5) is 15.4. The second-order valence-corrected chi connectivity index (χ2v) is 7.44. The molecule has 144 valence electrons. The van der Waals surface area contributed by atoms with E-state index in [1.54, 1.807) is 13.3 Å². The largest absolute Gasteiger partial charge is 0.481 e. The van der Waals surface area contributed by atoms with Gasteiger partial charge in [0, 0.05) is 43.9 Å². The van der Waals surface area contributed by atoms with Gasteiger partial charge in [-0.15, -0.1) is 0 Å². The van der Waals surface area contributed by atoms with Gasteiger partial charge in [0.25, 0.3) is 0 Å². The Labute approximate surface area is 159 Å². The quantitative estimate of drug-likeness (QED) is 0.862. The van der Waals surface area contributed by atoms with Crippen molar-refractivity contribution in [2.45, 2.75) is 31.4 Å². The van der Waals surface area contributed by atoms with Crippen molar-refractivity contribution in [1.82, 2.24) is 19.9 Å². The lowest BCUT2D eigenvalue weighted by atomic mass is 9.63. The number of pyridine rings is 1. The van der Waals surface area contributed by atoms with E-state index in [1.807, 2.05) is 18.3 Å². The highest BCUT2D eigenvalue weighted by Gasteiger charge is 2.53. The Morgan fingerprint density at radius 3 is 2.56 bits per heavy atom. The highest BCUT2D eigenvalue weighted by Crippen LogP contribution is 2.51. The molecular weight excluding hydrogens is 344 g/mol. The van der Waals surface area contributed by atoms with E-state index in [0.29, 0.717) is 11.4 Å². The molecule has 2 fully saturated rings. The first-order valence-electron chi connectivity index (χ1n) is 9.45. The highest BCUT2D eigenvalue weighted by molar-refractivity contribution is 5.34. The van der Waals surface area contributed by atoms with Gasteiger partial charge in [0.15, 0.2) is 0 Å². The number of piperidine rings is 1. The number of rotatable bonds is 5. The molecule has 2 bridgehead atoms. The number of fused-ring (bicyclic) bond motifs is 2. The van der Waals surface area contributed by atoms with Crippen molar-refractivity contribution in [3.63, 3.8) is 0 Å². The van der Waals surface area contributed by atoms with Crippen LogP contribution in [0, 0.1) is 11.8 Å². The predicted octanol–water partition coefficient (Wildman–Crippen LogP) is 2.01. The molecule has 2 aliphatic rings. The number of methoxy groups -OCH3 is 2. The second kappa shape index (κ2) is 7.40. The van der Waals surface area contributed by atoms with Crippen molar-refractivity contribution >= 4 is 0 Å². The lowest BCUT2D eigenvalue weighted by Gasteiger charge is -2.53. The van der Waals surface area contributed by atoms with Crippen molar-refractivity contribution in [3.05, 3.63) is 41.9 Å². The summed E-state index contributed by atoms with van der Waals surface area (Å²) in [5.41, 5.74) is 0.764. The second-order valence-electron chi connectivity index (χ2n) is 7.44. The number of aromatic nitrogens is 3. The summed E-state index contributed by atoms with van der Waals surface area (Å²) in [5.74, 6) is 0.624. The smallest absolute Gasteiger partial charge is 0.319 e. The van der Waals surface area contributed by atoms with Crippen molar-refractivity contribution in [3.8, 4) is 11.9 Å². The number of hydrogen-bond donors (Lipinski definition) is 1. The van der Waals surface area contributed by atoms with Gasteiger partial charge in [0.2, 0.25) is 5.88 Å². The summed E-state index contributed by atoms with van der Waals surface area (Å²) in [5, 5.41) is 11.8. The maximum absolute atomic E-state index is 11.8. The molecule has 1 aliphatic heterocycles. The fourth-order valence-corrected chi connectivity index (χ4v) is 4.71. The Morgan fingerprint density at radius 1 is 1.15 bits per heavy atom. The average molecular weight is 370 g/mol. The topological polar surface area (TPSA) is 80.6 Å². The van der Waals surface area contributed by atoms with Crippen LogP contribution < -0.4 is 9.47 Å². The molecule has 1 aliphatic carbocycles. The van der Waals surface area contributed by atoms with Crippen molar-refractivity contribution in [2.24, 2.45) is 11.8 Å². The third kappa shape index (κ3) is 3.26. The lowest BCUT2D eigenvalue weighted by Crippen LogP contribution is -2.58. The van der Waals surface area contributed by atoms with Gasteiger partial charge >= 0.3 is 6.01 Å². The van der Waals surface area contributed by atoms with Crippen LogP contribution in [0.15, 0.2) is 30.6 Å². The van der Waals surface area contributed by atoms with Crippen LogP contribution in [-0.4, -0.2) is 52.3 Å². The summed E-state index contributed by atoms with van der Waals surface area (Å²) in [6.07, 6.45) is 6.58. The molecule has 3 heterocycles. The Bertz CT molecular complexity index is 772. The molecular formula is C20H26N4O3. The first-order chi connectivity index (χ1) is 13.1. The number of aliphatic hydroxyl groups is 1. The van der Waals surface area contributed by atoms with E-state index in [9.17, 15) is 5.11 Å². The fourth-order valence-electron chi connectivity index (χ4n) is 4.71. The van der Waals surface area contributed by atoms with Gasteiger partial charge < -0.3 is 14.6 Å². The molecule has 1 saturated carbocycles. The molecule has 7 heteroatoms. The van der Waals surface area contributed by atoms with Crippen LogP contribution in [0.3, 0.4) is 0 Å².